The second-order valence-corrected chi connectivity index (χ2v) is 4.41. The van der Waals surface area contributed by atoms with E-state index in [1.165, 1.54) is 19.3 Å². The molecule has 68 valence electrons. The minimum absolute atomic E-state index is 0.650. The molecule has 0 radical (unpaired) electrons. The molecule has 0 spiro atoms. The first-order valence-electron chi connectivity index (χ1n) is 5.96. The second-order valence-electron chi connectivity index (χ2n) is 4.41. The van der Waals surface area contributed by atoms with Crippen molar-refractivity contribution in [3.8, 4) is 0 Å². The SMILES string of the molecule is [2H]CC1C2CC(C/C2=C\C)C1CC. The van der Waals surface area contributed by atoms with Gasteiger partial charge in [0.1, 0.15) is 0 Å². The van der Waals surface area contributed by atoms with Crippen molar-refractivity contribution in [2.75, 3.05) is 0 Å². The molecule has 0 saturated heterocycles. The Bertz CT molecular complexity index is 219. The summed E-state index contributed by atoms with van der Waals surface area (Å²) in [6.45, 7) is 5.11. The standard InChI is InChI=1S/C12H20/c1-4-9-6-10-7-12(9)8(3)11(10)5-2/h4,8,10-12H,5-7H2,1-3H3/b9-4+/i3D. The average molecular weight is 165 g/mol. The lowest BCUT2D eigenvalue weighted by molar-refractivity contribution is 0.271. The summed E-state index contributed by atoms with van der Waals surface area (Å²) in [5.74, 6) is 3.27. The fraction of sp³-hybridized carbons (Fsp3) is 0.833. The molecular weight excluding hydrogens is 144 g/mol. The van der Waals surface area contributed by atoms with Crippen molar-refractivity contribution >= 4 is 0 Å². The summed E-state index contributed by atoms with van der Waals surface area (Å²) in [6, 6.07) is 0. The highest BCUT2D eigenvalue weighted by Gasteiger charge is 2.46. The summed E-state index contributed by atoms with van der Waals surface area (Å²) in [5, 5.41) is 0. The first kappa shape index (κ1) is 7.17. The maximum Gasteiger partial charge on any atom is 0.0233 e. The third-order valence-electron chi connectivity index (χ3n) is 4.05. The van der Waals surface area contributed by atoms with E-state index < -0.39 is 0 Å². The maximum absolute atomic E-state index is 7.63. The van der Waals surface area contributed by atoms with Crippen LogP contribution in [-0.4, -0.2) is 0 Å². The summed E-state index contributed by atoms with van der Waals surface area (Å²) in [6.07, 6.45) is 6.33. The molecule has 0 heteroatoms. The van der Waals surface area contributed by atoms with Crippen LogP contribution >= 0.6 is 0 Å². The molecule has 0 heterocycles. The fourth-order valence-corrected chi connectivity index (χ4v) is 3.41. The highest BCUT2D eigenvalue weighted by molar-refractivity contribution is 5.19. The Morgan fingerprint density at radius 3 is 3.08 bits per heavy atom. The van der Waals surface area contributed by atoms with Crippen LogP contribution in [0, 0.1) is 23.7 Å². The Kier molecular flexibility index (Phi) is 1.73. The zero-order valence-corrected chi connectivity index (χ0v) is 8.22. The van der Waals surface area contributed by atoms with Gasteiger partial charge in [0.25, 0.3) is 0 Å². The van der Waals surface area contributed by atoms with Gasteiger partial charge in [-0.25, -0.2) is 0 Å². The third kappa shape index (κ3) is 0.967. The summed E-state index contributed by atoms with van der Waals surface area (Å²) < 4.78 is 7.63. The van der Waals surface area contributed by atoms with Crippen molar-refractivity contribution in [1.82, 2.24) is 0 Å². The molecule has 0 aliphatic heterocycles. The summed E-state index contributed by atoms with van der Waals surface area (Å²) in [5.41, 5.74) is 1.66. The van der Waals surface area contributed by atoms with E-state index >= 15 is 0 Å². The molecule has 2 fully saturated rings. The van der Waals surface area contributed by atoms with Gasteiger partial charge in [-0.15, -0.1) is 0 Å². The van der Waals surface area contributed by atoms with E-state index in [2.05, 4.69) is 19.9 Å². The van der Waals surface area contributed by atoms with Crippen LogP contribution < -0.4 is 0 Å². The van der Waals surface area contributed by atoms with Crippen LogP contribution in [0.2, 0.25) is 0 Å². The lowest BCUT2D eigenvalue weighted by Gasteiger charge is -2.29. The largest absolute Gasteiger partial charge is 0.0882 e. The first-order valence-corrected chi connectivity index (χ1v) is 5.26. The molecule has 2 aliphatic rings. The van der Waals surface area contributed by atoms with Crippen LogP contribution in [0.1, 0.15) is 41.4 Å². The topological polar surface area (TPSA) is 0 Å². The Morgan fingerprint density at radius 1 is 1.67 bits per heavy atom. The van der Waals surface area contributed by atoms with E-state index in [1.54, 1.807) is 5.57 Å². The van der Waals surface area contributed by atoms with E-state index in [1.807, 2.05) is 0 Å². The van der Waals surface area contributed by atoms with Gasteiger partial charge in [-0.05, 0) is 43.4 Å². The van der Waals surface area contributed by atoms with Crippen molar-refractivity contribution in [2.45, 2.75) is 40.0 Å². The highest BCUT2D eigenvalue weighted by Crippen LogP contribution is 2.55. The van der Waals surface area contributed by atoms with E-state index in [4.69, 9.17) is 1.37 Å². The minimum atomic E-state index is 0.650. The van der Waals surface area contributed by atoms with E-state index in [0.717, 1.165) is 17.8 Å². The molecule has 0 aromatic heterocycles. The molecule has 4 atom stereocenters. The van der Waals surface area contributed by atoms with Crippen molar-refractivity contribution < 1.29 is 1.37 Å². The molecule has 2 aliphatic carbocycles. The van der Waals surface area contributed by atoms with Gasteiger partial charge in [-0.3, -0.25) is 0 Å². The number of allylic oxidation sites excluding steroid dienone is 2. The molecule has 0 aromatic rings. The van der Waals surface area contributed by atoms with Gasteiger partial charge >= 0.3 is 0 Å². The Balaban J connectivity index is 2.18. The van der Waals surface area contributed by atoms with Crippen LogP contribution in [0.3, 0.4) is 0 Å². The molecule has 12 heavy (non-hydrogen) atoms. The molecule has 0 N–H and O–H groups in total. The molecule has 0 aromatic carbocycles. The van der Waals surface area contributed by atoms with Crippen LogP contribution in [0.25, 0.3) is 0 Å². The number of hydrogen-bond acceptors (Lipinski definition) is 0. The predicted octanol–water partition coefficient (Wildman–Crippen LogP) is 3.63. The third-order valence-corrected chi connectivity index (χ3v) is 4.05. The fourth-order valence-electron chi connectivity index (χ4n) is 3.41. The van der Waals surface area contributed by atoms with E-state index in [-0.39, 0.29) is 0 Å². The molecule has 0 amide bonds. The lowest BCUT2D eigenvalue weighted by atomic mass is 9.76. The number of fused-ring (bicyclic) bond motifs is 2. The molecular formula is C12H20. The quantitative estimate of drug-likeness (QED) is 0.520. The predicted molar refractivity (Wildman–Crippen MR) is 52.9 cm³/mol. The Hall–Kier alpha value is -0.260. The monoisotopic (exact) mass is 165 g/mol. The maximum atomic E-state index is 7.63. The van der Waals surface area contributed by atoms with Crippen molar-refractivity contribution in [2.24, 2.45) is 23.7 Å². The van der Waals surface area contributed by atoms with Crippen LogP contribution in [-0.2, 0) is 0 Å². The van der Waals surface area contributed by atoms with Crippen LogP contribution in [0.15, 0.2) is 11.6 Å². The van der Waals surface area contributed by atoms with Gasteiger partial charge in [0.05, 0.1) is 0 Å². The van der Waals surface area contributed by atoms with Gasteiger partial charge < -0.3 is 0 Å². The summed E-state index contributed by atoms with van der Waals surface area (Å²) in [4.78, 5) is 0. The summed E-state index contributed by atoms with van der Waals surface area (Å²) in [7, 11) is 0. The Labute approximate surface area is 77.5 Å². The smallest absolute Gasteiger partial charge is 0.0233 e. The van der Waals surface area contributed by atoms with Gasteiger partial charge in [-0.1, -0.05) is 31.9 Å². The molecule has 2 rings (SSSR count). The van der Waals surface area contributed by atoms with E-state index in [9.17, 15) is 0 Å². The van der Waals surface area contributed by atoms with Gasteiger partial charge in [0.2, 0.25) is 0 Å². The van der Waals surface area contributed by atoms with Crippen molar-refractivity contribution in [3.05, 3.63) is 11.6 Å². The zero-order chi connectivity index (χ0) is 9.42. The highest BCUT2D eigenvalue weighted by atomic mass is 14.5. The number of rotatable bonds is 1. The van der Waals surface area contributed by atoms with Gasteiger partial charge in [-0.2, -0.15) is 0 Å². The lowest BCUT2D eigenvalue weighted by Crippen LogP contribution is -2.20. The molecule has 2 saturated carbocycles. The van der Waals surface area contributed by atoms with Gasteiger partial charge in [0, 0.05) is 1.37 Å². The Morgan fingerprint density at radius 2 is 2.50 bits per heavy atom. The van der Waals surface area contributed by atoms with Crippen molar-refractivity contribution in [1.29, 1.82) is 0 Å². The zero-order valence-electron chi connectivity index (χ0n) is 9.22. The first-order chi connectivity index (χ1) is 6.31. The average Bonchev–Trinajstić information content (AvgIpc) is 2.72. The van der Waals surface area contributed by atoms with E-state index in [0.29, 0.717) is 12.8 Å². The molecule has 0 nitrogen and oxygen atoms in total. The second kappa shape index (κ2) is 2.90. The summed E-state index contributed by atoms with van der Waals surface area (Å²) >= 11 is 0. The normalized spacial score (nSPS) is 50.2. The molecule has 2 bridgehead atoms. The van der Waals surface area contributed by atoms with Crippen molar-refractivity contribution in [3.63, 3.8) is 0 Å². The van der Waals surface area contributed by atoms with Crippen LogP contribution in [0.4, 0.5) is 0 Å². The molecule has 4 unspecified atom stereocenters. The van der Waals surface area contributed by atoms with Crippen LogP contribution in [0.5, 0.6) is 0 Å². The number of hydrogen-bond donors (Lipinski definition) is 0. The van der Waals surface area contributed by atoms with Gasteiger partial charge in [0.15, 0.2) is 0 Å². The minimum Gasteiger partial charge on any atom is -0.0882 e.